The highest BCUT2D eigenvalue weighted by Crippen LogP contribution is 2.25. The fourth-order valence-electron chi connectivity index (χ4n) is 4.18. The minimum absolute atomic E-state index is 0.00598. The predicted molar refractivity (Wildman–Crippen MR) is 110 cm³/mol. The van der Waals surface area contributed by atoms with Gasteiger partial charge in [0.25, 0.3) is 0 Å². The van der Waals surface area contributed by atoms with Gasteiger partial charge in [-0.05, 0) is 49.4 Å². The average Bonchev–Trinajstić information content (AvgIpc) is 3.20. The smallest absolute Gasteiger partial charge is 0.228 e. The Morgan fingerprint density at radius 1 is 1.17 bits per heavy atom. The van der Waals surface area contributed by atoms with Crippen molar-refractivity contribution < 1.29 is 18.7 Å². The molecule has 0 aromatic heterocycles. The molecule has 0 saturated carbocycles. The number of piperidine rings is 1. The second-order valence-electron chi connectivity index (χ2n) is 8.62. The monoisotopic (exact) mass is 405 g/mol. The minimum Gasteiger partial charge on any atom is -0.376 e. The maximum atomic E-state index is 13.1. The highest BCUT2D eigenvalue weighted by Gasteiger charge is 2.35. The Hall–Kier alpha value is -1.99. The van der Waals surface area contributed by atoms with Crippen molar-refractivity contribution in [2.75, 3.05) is 38.1 Å². The normalized spacial score (nSPS) is 25.2. The number of carbonyl (C=O) groups excluding carboxylic acids is 2. The standard InChI is InChI=1S/C22H32FN3O3/c1-15(2)12-26-13-16(21(27)24-11-20-4-3-9-29-20)10-17(14-26)22(28)25-19-7-5-18(23)6-8-19/h5-8,15-17,20H,3-4,9-14H2,1-2H3,(H,24,27)(H,25,28)/t16-,17+,20+/m0/s1. The van der Waals surface area contributed by atoms with E-state index in [-0.39, 0.29) is 35.6 Å². The van der Waals surface area contributed by atoms with Crippen molar-refractivity contribution in [2.45, 2.75) is 39.2 Å². The van der Waals surface area contributed by atoms with Gasteiger partial charge in [0.1, 0.15) is 5.82 Å². The molecule has 7 heteroatoms. The molecule has 29 heavy (non-hydrogen) atoms. The molecule has 0 unspecified atom stereocenters. The highest BCUT2D eigenvalue weighted by molar-refractivity contribution is 5.93. The van der Waals surface area contributed by atoms with Crippen LogP contribution in [0.3, 0.4) is 0 Å². The van der Waals surface area contributed by atoms with Gasteiger partial charge in [0.05, 0.1) is 17.9 Å². The molecular weight excluding hydrogens is 373 g/mol. The van der Waals surface area contributed by atoms with Crippen LogP contribution in [0.25, 0.3) is 0 Å². The Bertz CT molecular complexity index is 689. The molecule has 3 rings (SSSR count). The van der Waals surface area contributed by atoms with Gasteiger partial charge in [-0.2, -0.15) is 0 Å². The molecule has 1 aromatic carbocycles. The summed E-state index contributed by atoms with van der Waals surface area (Å²) in [5, 5.41) is 5.88. The van der Waals surface area contributed by atoms with Gasteiger partial charge in [-0.15, -0.1) is 0 Å². The molecule has 0 radical (unpaired) electrons. The van der Waals surface area contributed by atoms with E-state index in [9.17, 15) is 14.0 Å². The topological polar surface area (TPSA) is 70.7 Å². The van der Waals surface area contributed by atoms with Gasteiger partial charge in [-0.25, -0.2) is 4.39 Å². The van der Waals surface area contributed by atoms with Crippen LogP contribution in [0.4, 0.5) is 10.1 Å². The second-order valence-corrected chi connectivity index (χ2v) is 8.62. The van der Waals surface area contributed by atoms with E-state index in [0.717, 1.165) is 26.0 Å². The van der Waals surface area contributed by atoms with E-state index in [1.54, 1.807) is 12.1 Å². The molecule has 0 spiro atoms. The first-order valence-electron chi connectivity index (χ1n) is 10.6. The Morgan fingerprint density at radius 2 is 1.86 bits per heavy atom. The summed E-state index contributed by atoms with van der Waals surface area (Å²) in [4.78, 5) is 27.8. The summed E-state index contributed by atoms with van der Waals surface area (Å²) in [6.45, 7) is 7.69. The number of benzene rings is 1. The van der Waals surface area contributed by atoms with Crippen LogP contribution >= 0.6 is 0 Å². The van der Waals surface area contributed by atoms with E-state index >= 15 is 0 Å². The molecule has 2 saturated heterocycles. The quantitative estimate of drug-likeness (QED) is 0.732. The van der Waals surface area contributed by atoms with Gasteiger partial charge in [-0.1, -0.05) is 13.8 Å². The van der Waals surface area contributed by atoms with Crippen LogP contribution in [-0.4, -0.2) is 55.6 Å². The molecule has 2 fully saturated rings. The Morgan fingerprint density at radius 3 is 2.48 bits per heavy atom. The van der Waals surface area contributed by atoms with Gasteiger partial charge in [-0.3, -0.25) is 9.59 Å². The lowest BCUT2D eigenvalue weighted by Gasteiger charge is -2.37. The van der Waals surface area contributed by atoms with Gasteiger partial charge in [0, 0.05) is 38.5 Å². The van der Waals surface area contributed by atoms with Crippen LogP contribution in [0, 0.1) is 23.6 Å². The number of hydrogen-bond acceptors (Lipinski definition) is 4. The fraction of sp³-hybridized carbons (Fsp3) is 0.636. The van der Waals surface area contributed by atoms with E-state index in [1.807, 2.05) is 0 Å². The van der Waals surface area contributed by atoms with Crippen molar-refractivity contribution in [1.82, 2.24) is 10.2 Å². The van der Waals surface area contributed by atoms with Crippen LogP contribution in [0.5, 0.6) is 0 Å². The molecule has 3 atom stereocenters. The number of nitrogens with zero attached hydrogens (tertiary/aromatic N) is 1. The molecule has 6 nitrogen and oxygen atoms in total. The molecule has 0 aliphatic carbocycles. The van der Waals surface area contributed by atoms with Gasteiger partial charge >= 0.3 is 0 Å². The third-order valence-corrected chi connectivity index (χ3v) is 5.53. The number of carbonyl (C=O) groups is 2. The lowest BCUT2D eigenvalue weighted by atomic mass is 9.87. The summed E-state index contributed by atoms with van der Waals surface area (Å²) < 4.78 is 18.7. The van der Waals surface area contributed by atoms with E-state index in [0.29, 0.717) is 37.7 Å². The summed E-state index contributed by atoms with van der Waals surface area (Å²) in [6, 6.07) is 5.74. The zero-order valence-corrected chi connectivity index (χ0v) is 17.3. The molecule has 2 aliphatic rings. The fourth-order valence-corrected chi connectivity index (χ4v) is 4.18. The van der Waals surface area contributed by atoms with Crippen molar-refractivity contribution >= 4 is 17.5 Å². The molecule has 160 valence electrons. The number of amides is 2. The number of likely N-dealkylation sites (tertiary alicyclic amines) is 1. The van der Waals surface area contributed by atoms with E-state index in [1.165, 1.54) is 12.1 Å². The first-order chi connectivity index (χ1) is 13.9. The van der Waals surface area contributed by atoms with Crippen molar-refractivity contribution in [2.24, 2.45) is 17.8 Å². The van der Waals surface area contributed by atoms with Crippen molar-refractivity contribution in [3.05, 3.63) is 30.1 Å². The zero-order valence-electron chi connectivity index (χ0n) is 17.3. The Kier molecular flexibility index (Phi) is 7.61. The average molecular weight is 406 g/mol. The molecule has 0 bridgehead atoms. The van der Waals surface area contributed by atoms with Crippen LogP contribution in [-0.2, 0) is 14.3 Å². The Balaban J connectivity index is 1.61. The first kappa shape index (κ1) is 21.7. The molecule has 2 heterocycles. The van der Waals surface area contributed by atoms with Crippen molar-refractivity contribution in [3.63, 3.8) is 0 Å². The van der Waals surface area contributed by atoms with Crippen LogP contribution in [0.15, 0.2) is 24.3 Å². The lowest BCUT2D eigenvalue weighted by Crippen LogP contribution is -2.50. The van der Waals surface area contributed by atoms with Gasteiger partial charge < -0.3 is 20.3 Å². The van der Waals surface area contributed by atoms with Crippen LogP contribution in [0.2, 0.25) is 0 Å². The van der Waals surface area contributed by atoms with E-state index < -0.39 is 0 Å². The summed E-state index contributed by atoms with van der Waals surface area (Å²) in [7, 11) is 0. The van der Waals surface area contributed by atoms with Crippen molar-refractivity contribution in [3.8, 4) is 0 Å². The number of nitrogens with one attached hydrogen (secondary N) is 2. The maximum Gasteiger partial charge on any atom is 0.228 e. The first-order valence-corrected chi connectivity index (χ1v) is 10.6. The van der Waals surface area contributed by atoms with E-state index in [4.69, 9.17) is 4.74 Å². The summed E-state index contributed by atoms with van der Waals surface area (Å²) in [5.41, 5.74) is 0.566. The zero-order chi connectivity index (χ0) is 20.8. The molecule has 2 N–H and O–H groups in total. The second kappa shape index (κ2) is 10.2. The number of rotatable bonds is 7. The summed E-state index contributed by atoms with van der Waals surface area (Å²) in [5.74, 6) is -0.536. The number of ether oxygens (including phenoxy) is 1. The maximum absolute atomic E-state index is 13.1. The highest BCUT2D eigenvalue weighted by atomic mass is 19.1. The summed E-state index contributed by atoms with van der Waals surface area (Å²) in [6.07, 6.45) is 2.64. The molecule has 2 amide bonds. The van der Waals surface area contributed by atoms with Crippen LogP contribution in [0.1, 0.15) is 33.1 Å². The van der Waals surface area contributed by atoms with Gasteiger partial charge in [0.2, 0.25) is 11.8 Å². The predicted octanol–water partition coefficient (Wildman–Crippen LogP) is 2.65. The third-order valence-electron chi connectivity index (χ3n) is 5.53. The van der Waals surface area contributed by atoms with Crippen molar-refractivity contribution in [1.29, 1.82) is 0 Å². The molecular formula is C22H32FN3O3. The van der Waals surface area contributed by atoms with E-state index in [2.05, 4.69) is 29.4 Å². The van der Waals surface area contributed by atoms with Crippen LogP contribution < -0.4 is 10.6 Å². The number of hydrogen-bond donors (Lipinski definition) is 2. The number of halogens is 1. The molecule has 2 aliphatic heterocycles. The SMILES string of the molecule is CC(C)CN1C[C@@H](C(=O)NC[C@H]2CCCO2)C[C@@H](C(=O)Nc2ccc(F)cc2)C1. The number of anilines is 1. The third kappa shape index (κ3) is 6.51. The Labute approximate surface area is 172 Å². The minimum atomic E-state index is -0.341. The van der Waals surface area contributed by atoms with Gasteiger partial charge in [0.15, 0.2) is 0 Å². The summed E-state index contributed by atoms with van der Waals surface area (Å²) >= 11 is 0. The lowest BCUT2D eigenvalue weighted by molar-refractivity contribution is -0.130. The molecule has 1 aromatic rings. The largest absolute Gasteiger partial charge is 0.376 e.